The minimum absolute atomic E-state index is 0.00841. The molecule has 2 rings (SSSR count). The predicted molar refractivity (Wildman–Crippen MR) is 81.6 cm³/mol. The summed E-state index contributed by atoms with van der Waals surface area (Å²) in [4.78, 5) is 12.0. The van der Waals surface area contributed by atoms with Crippen LogP contribution < -0.4 is 0 Å². The highest BCUT2D eigenvalue weighted by Gasteiger charge is 2.23. The summed E-state index contributed by atoms with van der Waals surface area (Å²) in [6, 6.07) is 4.45. The summed E-state index contributed by atoms with van der Waals surface area (Å²) in [6.07, 6.45) is 0. The van der Waals surface area contributed by atoms with E-state index in [0.29, 0.717) is 0 Å². The third-order valence-electron chi connectivity index (χ3n) is 2.56. The van der Waals surface area contributed by atoms with E-state index < -0.39 is 40.2 Å². The minimum atomic E-state index is -1.37. The maximum atomic E-state index is 13.7. The molecule has 0 atom stereocenters. The summed E-state index contributed by atoms with van der Waals surface area (Å²) in [5, 5.41) is 0. The first-order valence-corrected chi connectivity index (χ1v) is 7.32. The lowest BCUT2D eigenvalue weighted by Crippen LogP contribution is -2.10. The van der Waals surface area contributed by atoms with Crippen LogP contribution in [0, 0.1) is 30.4 Å². The lowest BCUT2D eigenvalue weighted by atomic mass is 10.0. The van der Waals surface area contributed by atoms with Gasteiger partial charge in [0.1, 0.15) is 0 Å². The molecular weight excluding hydrogens is 502 g/mol. The maximum Gasteiger partial charge on any atom is 0.199 e. The molecule has 104 valence electrons. The fourth-order valence-corrected chi connectivity index (χ4v) is 2.38. The average Bonchev–Trinajstić information content (AvgIpc) is 2.42. The van der Waals surface area contributed by atoms with Crippen molar-refractivity contribution in [2.75, 3.05) is 0 Å². The van der Waals surface area contributed by atoms with Gasteiger partial charge in [0.25, 0.3) is 0 Å². The normalized spacial score (nSPS) is 10.7. The Kier molecular flexibility index (Phi) is 4.67. The molecule has 0 aliphatic heterocycles. The van der Waals surface area contributed by atoms with Gasteiger partial charge < -0.3 is 0 Å². The van der Waals surface area contributed by atoms with Crippen molar-refractivity contribution in [3.8, 4) is 0 Å². The summed E-state index contributed by atoms with van der Waals surface area (Å²) < 4.78 is 54.2. The fraction of sp³-hybridized carbons (Fsp3) is 0. The fourth-order valence-electron chi connectivity index (χ4n) is 1.55. The van der Waals surface area contributed by atoms with Gasteiger partial charge in [0, 0.05) is 0 Å². The van der Waals surface area contributed by atoms with Crippen LogP contribution in [0.25, 0.3) is 0 Å². The number of hydrogen-bond donors (Lipinski definition) is 0. The number of carbonyl (C=O) groups is 1. The van der Waals surface area contributed by atoms with Crippen molar-refractivity contribution in [2.45, 2.75) is 0 Å². The van der Waals surface area contributed by atoms with Crippen molar-refractivity contribution in [3.63, 3.8) is 0 Å². The van der Waals surface area contributed by atoms with Gasteiger partial charge in [-0.3, -0.25) is 4.79 Å². The summed E-state index contributed by atoms with van der Waals surface area (Å²) in [5.41, 5.74) is -1.27. The second kappa shape index (κ2) is 5.96. The SMILES string of the molecule is O=C(c1ccc(I)c(F)c1F)c1ccc(I)c(F)c1F. The first-order chi connectivity index (χ1) is 9.34. The summed E-state index contributed by atoms with van der Waals surface area (Å²) in [7, 11) is 0. The monoisotopic (exact) mass is 506 g/mol. The highest BCUT2D eigenvalue weighted by atomic mass is 127. The van der Waals surface area contributed by atoms with Crippen molar-refractivity contribution in [1.82, 2.24) is 0 Å². The molecule has 0 saturated carbocycles. The molecule has 1 nitrogen and oxygen atoms in total. The van der Waals surface area contributed by atoms with Gasteiger partial charge in [0.15, 0.2) is 29.1 Å². The van der Waals surface area contributed by atoms with Crippen molar-refractivity contribution in [3.05, 3.63) is 65.8 Å². The standard InChI is InChI=1S/C13H4F4I2O/c14-9-5(1-3-7(18)11(9)16)13(20)6-2-4-8(19)12(17)10(6)15/h1-4H. The van der Waals surface area contributed by atoms with Crippen molar-refractivity contribution >= 4 is 51.0 Å². The molecule has 0 saturated heterocycles. The van der Waals surface area contributed by atoms with Crippen LogP contribution in [0.15, 0.2) is 24.3 Å². The lowest BCUT2D eigenvalue weighted by Gasteiger charge is -2.07. The first kappa shape index (κ1) is 15.7. The number of rotatable bonds is 2. The van der Waals surface area contributed by atoms with Gasteiger partial charge in [0.2, 0.25) is 0 Å². The Morgan fingerprint density at radius 1 is 0.700 bits per heavy atom. The molecule has 0 aliphatic rings. The van der Waals surface area contributed by atoms with E-state index in [9.17, 15) is 22.4 Å². The van der Waals surface area contributed by atoms with Crippen molar-refractivity contribution in [1.29, 1.82) is 0 Å². The van der Waals surface area contributed by atoms with E-state index in [1.54, 1.807) is 45.2 Å². The molecule has 0 bridgehead atoms. The van der Waals surface area contributed by atoms with Crippen LogP contribution in [0.2, 0.25) is 0 Å². The Hall–Kier alpha value is -0.710. The Morgan fingerprint density at radius 2 is 1.05 bits per heavy atom. The van der Waals surface area contributed by atoms with Crippen molar-refractivity contribution < 1.29 is 22.4 Å². The highest BCUT2D eigenvalue weighted by Crippen LogP contribution is 2.24. The molecule has 0 heterocycles. The van der Waals surface area contributed by atoms with Crippen LogP contribution in [-0.2, 0) is 0 Å². The average molecular weight is 506 g/mol. The molecule has 0 aliphatic carbocycles. The van der Waals surface area contributed by atoms with Gasteiger partial charge in [-0.25, -0.2) is 17.6 Å². The molecule has 0 unspecified atom stereocenters. The van der Waals surface area contributed by atoms with Crippen LogP contribution >= 0.6 is 45.2 Å². The van der Waals surface area contributed by atoms with E-state index in [-0.39, 0.29) is 7.14 Å². The topological polar surface area (TPSA) is 17.1 Å². The molecule has 0 radical (unpaired) electrons. The summed E-state index contributed by atoms with van der Waals surface area (Å²) >= 11 is 3.12. The van der Waals surface area contributed by atoms with Crippen LogP contribution in [0.4, 0.5) is 17.6 Å². The van der Waals surface area contributed by atoms with Crippen LogP contribution in [0.3, 0.4) is 0 Å². The second-order valence-electron chi connectivity index (χ2n) is 3.77. The Balaban J connectivity index is 2.58. The van der Waals surface area contributed by atoms with Crippen LogP contribution in [-0.4, -0.2) is 5.78 Å². The molecule has 0 fully saturated rings. The van der Waals surface area contributed by atoms with E-state index >= 15 is 0 Å². The predicted octanol–water partition coefficient (Wildman–Crippen LogP) is 4.68. The molecule has 0 aromatic heterocycles. The van der Waals surface area contributed by atoms with E-state index in [4.69, 9.17) is 0 Å². The highest BCUT2D eigenvalue weighted by molar-refractivity contribution is 14.1. The summed E-state index contributed by atoms with van der Waals surface area (Å²) in [5.74, 6) is -6.24. The maximum absolute atomic E-state index is 13.7. The molecule has 0 amide bonds. The Bertz CT molecular complexity index is 657. The molecule has 2 aromatic rings. The molecule has 7 heteroatoms. The number of hydrogen-bond acceptors (Lipinski definition) is 1. The van der Waals surface area contributed by atoms with E-state index in [0.717, 1.165) is 12.1 Å². The van der Waals surface area contributed by atoms with E-state index in [1.807, 2.05) is 0 Å². The number of ketones is 1. The Morgan fingerprint density at radius 3 is 1.40 bits per heavy atom. The van der Waals surface area contributed by atoms with E-state index in [2.05, 4.69) is 0 Å². The zero-order valence-corrected chi connectivity index (χ0v) is 13.8. The minimum Gasteiger partial charge on any atom is -0.288 e. The second-order valence-corrected chi connectivity index (χ2v) is 6.10. The molecule has 0 N–H and O–H groups in total. The summed E-state index contributed by atoms with van der Waals surface area (Å²) in [6.45, 7) is 0. The van der Waals surface area contributed by atoms with Crippen LogP contribution in [0.1, 0.15) is 15.9 Å². The van der Waals surface area contributed by atoms with Gasteiger partial charge >= 0.3 is 0 Å². The largest absolute Gasteiger partial charge is 0.288 e. The Labute approximate surface area is 138 Å². The van der Waals surface area contributed by atoms with Gasteiger partial charge in [-0.2, -0.15) is 0 Å². The molecule has 2 aromatic carbocycles. The number of carbonyl (C=O) groups excluding carboxylic acids is 1. The molecule has 20 heavy (non-hydrogen) atoms. The number of halogens is 6. The molecular formula is C13H4F4I2O. The van der Waals surface area contributed by atoms with Gasteiger partial charge in [0.05, 0.1) is 18.3 Å². The third kappa shape index (κ3) is 2.69. The quantitative estimate of drug-likeness (QED) is 0.251. The zero-order valence-electron chi connectivity index (χ0n) is 9.49. The van der Waals surface area contributed by atoms with Crippen LogP contribution in [0.5, 0.6) is 0 Å². The third-order valence-corrected chi connectivity index (χ3v) is 4.23. The number of benzene rings is 2. The van der Waals surface area contributed by atoms with E-state index in [1.165, 1.54) is 12.1 Å². The lowest BCUT2D eigenvalue weighted by molar-refractivity contribution is 0.102. The van der Waals surface area contributed by atoms with Gasteiger partial charge in [-0.05, 0) is 69.4 Å². The molecule has 0 spiro atoms. The van der Waals surface area contributed by atoms with Crippen molar-refractivity contribution in [2.24, 2.45) is 0 Å². The first-order valence-electron chi connectivity index (χ1n) is 5.16. The zero-order chi connectivity index (χ0) is 15.0. The smallest absolute Gasteiger partial charge is 0.199 e. The van der Waals surface area contributed by atoms with Gasteiger partial charge in [-0.15, -0.1) is 0 Å². The van der Waals surface area contributed by atoms with Gasteiger partial charge in [-0.1, -0.05) is 0 Å².